The highest BCUT2D eigenvalue weighted by Crippen LogP contribution is 2.41. The predicted octanol–water partition coefficient (Wildman–Crippen LogP) is 3.25. The molecule has 2 aromatic rings. The Bertz CT molecular complexity index is 939. The van der Waals surface area contributed by atoms with Crippen molar-refractivity contribution < 1.29 is 18.7 Å². The van der Waals surface area contributed by atoms with Gasteiger partial charge in [0.05, 0.1) is 12.2 Å². The molecule has 0 aliphatic carbocycles. The molecule has 1 amide bonds. The largest absolute Gasteiger partial charge is 0.487 e. The second kappa shape index (κ2) is 7.13. The van der Waals surface area contributed by atoms with Gasteiger partial charge in [-0.05, 0) is 30.8 Å². The number of anilines is 1. The van der Waals surface area contributed by atoms with Crippen LogP contribution >= 0.6 is 0 Å². The zero-order valence-electron chi connectivity index (χ0n) is 15.3. The van der Waals surface area contributed by atoms with Gasteiger partial charge in [-0.1, -0.05) is 18.2 Å². The molecule has 0 spiro atoms. The van der Waals surface area contributed by atoms with Gasteiger partial charge in [0.2, 0.25) is 0 Å². The molecule has 27 heavy (non-hydrogen) atoms. The number of carbonyl (C=O) groups is 1. The fourth-order valence-electron chi connectivity index (χ4n) is 3.52. The normalized spacial score (nSPS) is 17.7. The minimum Gasteiger partial charge on any atom is -0.487 e. The van der Waals surface area contributed by atoms with Gasteiger partial charge < -0.3 is 14.8 Å². The monoisotopic (exact) mass is 368 g/mol. The molecule has 4 rings (SSSR count). The number of benzene rings is 2. The Hall–Kier alpha value is -2.70. The molecule has 0 bridgehead atoms. The first-order valence-corrected chi connectivity index (χ1v) is 8.85. The highest BCUT2D eigenvalue weighted by molar-refractivity contribution is 6.36. The number of rotatable bonds is 5. The summed E-state index contributed by atoms with van der Waals surface area (Å²) in [6.45, 7) is 2.74. The van der Waals surface area contributed by atoms with Crippen LogP contribution in [0.15, 0.2) is 36.4 Å². The molecule has 0 saturated heterocycles. The molecule has 2 aliphatic heterocycles. The number of halogens is 1. The first-order chi connectivity index (χ1) is 13.1. The number of fused-ring (bicyclic) bond motifs is 2. The van der Waals surface area contributed by atoms with Gasteiger partial charge in [-0.2, -0.15) is 0 Å². The Morgan fingerprint density at radius 2 is 2.07 bits per heavy atom. The molecule has 140 valence electrons. The first-order valence-electron chi connectivity index (χ1n) is 8.85. The highest BCUT2D eigenvalue weighted by Gasteiger charge is 2.32. The van der Waals surface area contributed by atoms with Gasteiger partial charge in [0, 0.05) is 42.6 Å². The minimum atomic E-state index is -0.379. The van der Waals surface area contributed by atoms with Gasteiger partial charge in [0.15, 0.2) is 0 Å². The molecular formula is C21H21FN2O3. The molecule has 0 saturated carbocycles. The quantitative estimate of drug-likeness (QED) is 0.823. The van der Waals surface area contributed by atoms with E-state index in [-0.39, 0.29) is 11.7 Å². The average molecular weight is 368 g/mol. The van der Waals surface area contributed by atoms with Gasteiger partial charge in [0.1, 0.15) is 18.2 Å². The summed E-state index contributed by atoms with van der Waals surface area (Å²) in [7, 11) is 3.74. The Kier molecular flexibility index (Phi) is 4.68. The van der Waals surface area contributed by atoms with Crippen molar-refractivity contribution in [3.05, 3.63) is 64.5 Å². The van der Waals surface area contributed by atoms with Gasteiger partial charge in [0.25, 0.3) is 5.91 Å². The van der Waals surface area contributed by atoms with Crippen LogP contribution < -0.4 is 5.32 Å². The van der Waals surface area contributed by atoms with E-state index in [0.717, 1.165) is 24.2 Å². The summed E-state index contributed by atoms with van der Waals surface area (Å²) in [4.78, 5) is 14.6. The van der Waals surface area contributed by atoms with Gasteiger partial charge in [-0.25, -0.2) is 4.39 Å². The second-order valence-corrected chi connectivity index (χ2v) is 6.86. The fraction of sp³-hybridized carbons (Fsp3) is 0.286. The van der Waals surface area contributed by atoms with Crippen LogP contribution in [0.5, 0.6) is 0 Å². The summed E-state index contributed by atoms with van der Waals surface area (Å²) >= 11 is 0. The van der Waals surface area contributed by atoms with E-state index in [9.17, 15) is 9.18 Å². The molecule has 5 nitrogen and oxygen atoms in total. The molecule has 6 heteroatoms. The number of ether oxygens (including phenoxy) is 2. The van der Waals surface area contributed by atoms with Crippen molar-refractivity contribution in [1.82, 2.24) is 4.90 Å². The van der Waals surface area contributed by atoms with Gasteiger partial charge in [-0.15, -0.1) is 0 Å². The lowest BCUT2D eigenvalue weighted by molar-refractivity contribution is -0.110. The Balaban J connectivity index is 1.66. The van der Waals surface area contributed by atoms with E-state index in [4.69, 9.17) is 9.47 Å². The third-order valence-electron chi connectivity index (χ3n) is 4.87. The lowest BCUT2D eigenvalue weighted by Crippen LogP contribution is -2.22. The van der Waals surface area contributed by atoms with Crippen molar-refractivity contribution >= 4 is 22.9 Å². The number of hydrogen-bond acceptors (Lipinski definition) is 4. The molecule has 1 N–H and O–H groups in total. The SMILES string of the molecule is COCCN(C)Cc1ccc2c(c1)COC2=C1C(=O)Nc2ccc(F)cc21. The van der Waals surface area contributed by atoms with E-state index in [1.165, 1.54) is 17.7 Å². The minimum absolute atomic E-state index is 0.262. The van der Waals surface area contributed by atoms with Crippen LogP contribution in [0.4, 0.5) is 10.1 Å². The number of amides is 1. The highest BCUT2D eigenvalue weighted by atomic mass is 19.1. The van der Waals surface area contributed by atoms with Crippen LogP contribution in [0.25, 0.3) is 11.3 Å². The van der Waals surface area contributed by atoms with E-state index < -0.39 is 0 Å². The van der Waals surface area contributed by atoms with E-state index in [1.807, 2.05) is 19.2 Å². The molecule has 0 aromatic heterocycles. The maximum absolute atomic E-state index is 13.7. The Morgan fingerprint density at radius 1 is 1.22 bits per heavy atom. The van der Waals surface area contributed by atoms with Crippen LogP contribution in [0, 0.1) is 5.82 Å². The summed E-state index contributed by atoms with van der Waals surface area (Å²) in [5.74, 6) is -0.121. The molecule has 0 atom stereocenters. The van der Waals surface area contributed by atoms with Crippen molar-refractivity contribution in [2.75, 3.05) is 32.6 Å². The van der Waals surface area contributed by atoms with Crippen molar-refractivity contribution in [3.8, 4) is 0 Å². The third-order valence-corrected chi connectivity index (χ3v) is 4.87. The summed E-state index contributed by atoms with van der Waals surface area (Å²) in [6.07, 6.45) is 0. The smallest absolute Gasteiger partial charge is 0.260 e. The van der Waals surface area contributed by atoms with Crippen molar-refractivity contribution in [2.24, 2.45) is 0 Å². The third kappa shape index (κ3) is 3.34. The summed E-state index contributed by atoms with van der Waals surface area (Å²) in [5.41, 5.74) is 4.65. The number of hydrogen-bond donors (Lipinski definition) is 1. The molecular weight excluding hydrogens is 347 g/mol. The fourth-order valence-corrected chi connectivity index (χ4v) is 3.52. The van der Waals surface area contributed by atoms with Gasteiger partial charge >= 0.3 is 0 Å². The van der Waals surface area contributed by atoms with Crippen molar-refractivity contribution in [3.63, 3.8) is 0 Å². The Labute approximate surface area is 157 Å². The zero-order chi connectivity index (χ0) is 19.0. The summed E-state index contributed by atoms with van der Waals surface area (Å²) in [5, 5.41) is 2.78. The van der Waals surface area contributed by atoms with Crippen LogP contribution in [-0.4, -0.2) is 38.1 Å². The van der Waals surface area contributed by atoms with Crippen LogP contribution in [0.2, 0.25) is 0 Å². The molecule has 0 fully saturated rings. The molecule has 2 aromatic carbocycles. The zero-order valence-corrected chi connectivity index (χ0v) is 15.3. The standard InChI is InChI=1S/C21H21FN2O3/c1-24(7-8-26-2)11-13-3-5-16-14(9-13)12-27-20(16)19-17-10-15(22)4-6-18(17)23-21(19)25/h3-6,9-10H,7-8,11-12H2,1-2H3,(H,23,25). The van der Waals surface area contributed by atoms with Crippen LogP contribution in [-0.2, 0) is 27.4 Å². The van der Waals surface area contributed by atoms with Crippen LogP contribution in [0.3, 0.4) is 0 Å². The number of carbonyl (C=O) groups excluding carboxylic acids is 1. The molecule has 0 radical (unpaired) electrons. The number of nitrogens with zero attached hydrogens (tertiary/aromatic N) is 1. The van der Waals surface area contributed by atoms with E-state index in [0.29, 0.717) is 35.8 Å². The maximum Gasteiger partial charge on any atom is 0.260 e. The average Bonchev–Trinajstić information content (AvgIpc) is 3.19. The number of nitrogens with one attached hydrogen (secondary N) is 1. The number of methoxy groups -OCH3 is 1. The van der Waals surface area contributed by atoms with E-state index >= 15 is 0 Å². The Morgan fingerprint density at radius 3 is 2.89 bits per heavy atom. The van der Waals surface area contributed by atoms with Gasteiger partial charge in [-0.3, -0.25) is 9.69 Å². The first kappa shape index (κ1) is 17.7. The molecule has 2 heterocycles. The second-order valence-electron chi connectivity index (χ2n) is 6.86. The van der Waals surface area contributed by atoms with E-state index in [2.05, 4.69) is 16.3 Å². The molecule has 0 unspecified atom stereocenters. The van der Waals surface area contributed by atoms with Crippen LogP contribution in [0.1, 0.15) is 22.3 Å². The van der Waals surface area contributed by atoms with Crippen molar-refractivity contribution in [2.45, 2.75) is 13.2 Å². The number of likely N-dealkylation sites (N-methyl/N-ethyl adjacent to an activating group) is 1. The lowest BCUT2D eigenvalue weighted by Gasteiger charge is -2.16. The lowest BCUT2D eigenvalue weighted by atomic mass is 9.99. The summed E-state index contributed by atoms with van der Waals surface area (Å²) < 4.78 is 24.7. The summed E-state index contributed by atoms with van der Waals surface area (Å²) in [6, 6.07) is 10.4. The van der Waals surface area contributed by atoms with Crippen molar-refractivity contribution in [1.29, 1.82) is 0 Å². The van der Waals surface area contributed by atoms with E-state index in [1.54, 1.807) is 13.2 Å². The molecule has 2 aliphatic rings. The predicted molar refractivity (Wildman–Crippen MR) is 101 cm³/mol. The topological polar surface area (TPSA) is 50.8 Å². The maximum atomic E-state index is 13.7.